The van der Waals surface area contributed by atoms with Crippen molar-refractivity contribution in [3.05, 3.63) is 83.2 Å². The van der Waals surface area contributed by atoms with Crippen molar-refractivity contribution in [1.29, 1.82) is 0 Å². The van der Waals surface area contributed by atoms with E-state index in [1.54, 1.807) is 42.5 Å². The topological polar surface area (TPSA) is 70.1 Å². The number of ketones is 1. The van der Waals surface area contributed by atoms with Crippen LogP contribution in [0.2, 0.25) is 0 Å². The summed E-state index contributed by atoms with van der Waals surface area (Å²) in [7, 11) is 0. The number of carbonyl (C=O) groups excluding carboxylic acids is 2. The molecule has 0 unspecified atom stereocenters. The summed E-state index contributed by atoms with van der Waals surface area (Å²) in [5, 5.41) is 11.2. The number of rotatable bonds is 10. The van der Waals surface area contributed by atoms with Gasteiger partial charge in [-0.15, -0.1) is 0 Å². The lowest BCUT2D eigenvalue weighted by molar-refractivity contribution is -0.140. The number of hydrogen-bond acceptors (Lipinski definition) is 5. The Morgan fingerprint density at radius 2 is 1.91 bits per heavy atom. The third-order valence-electron chi connectivity index (χ3n) is 6.10. The third kappa shape index (κ3) is 5.04. The van der Waals surface area contributed by atoms with E-state index in [1.807, 2.05) is 20.8 Å². The van der Waals surface area contributed by atoms with E-state index < -0.39 is 23.5 Å². The number of nitrogens with zero attached hydrogens (tertiary/aromatic N) is 2. The molecule has 2 aromatic rings. The molecule has 34 heavy (non-hydrogen) atoms. The molecular weight excluding hydrogens is 435 g/mol. The first-order valence-electron chi connectivity index (χ1n) is 11.4. The van der Waals surface area contributed by atoms with Gasteiger partial charge in [0.15, 0.2) is 0 Å². The van der Waals surface area contributed by atoms with Gasteiger partial charge in [0.2, 0.25) is 0 Å². The Kier molecular flexibility index (Phi) is 8.23. The van der Waals surface area contributed by atoms with E-state index in [0.717, 1.165) is 18.7 Å². The summed E-state index contributed by atoms with van der Waals surface area (Å²) in [6.45, 7) is 12.1. The van der Waals surface area contributed by atoms with Crippen LogP contribution in [0.3, 0.4) is 0 Å². The van der Waals surface area contributed by atoms with E-state index in [-0.39, 0.29) is 23.4 Å². The van der Waals surface area contributed by atoms with Gasteiger partial charge in [0.25, 0.3) is 11.7 Å². The number of benzene rings is 2. The number of ether oxygens (including phenoxy) is 1. The monoisotopic (exact) mass is 466 g/mol. The van der Waals surface area contributed by atoms with Gasteiger partial charge in [0.1, 0.15) is 23.9 Å². The minimum Gasteiger partial charge on any atom is -0.507 e. The largest absolute Gasteiger partial charge is 0.507 e. The average Bonchev–Trinajstić information content (AvgIpc) is 3.08. The van der Waals surface area contributed by atoms with Crippen molar-refractivity contribution in [3.8, 4) is 5.75 Å². The molecule has 0 saturated carbocycles. The molecule has 1 fully saturated rings. The Bertz CT molecular complexity index is 1110. The van der Waals surface area contributed by atoms with Gasteiger partial charge in [-0.2, -0.15) is 0 Å². The fourth-order valence-electron chi connectivity index (χ4n) is 4.18. The van der Waals surface area contributed by atoms with Crippen molar-refractivity contribution in [2.75, 3.05) is 32.8 Å². The van der Waals surface area contributed by atoms with E-state index in [9.17, 15) is 19.1 Å². The molecule has 6 nitrogen and oxygen atoms in total. The van der Waals surface area contributed by atoms with Gasteiger partial charge in [-0.3, -0.25) is 9.59 Å². The lowest BCUT2D eigenvalue weighted by Crippen LogP contribution is -2.38. The standard InChI is InChI=1S/C27H31FN2O4/c1-5-16-34-22-13-12-19(17-18(22)4)25(31)23-24(20-10-8-9-11-21(20)28)30(27(33)26(23)32)15-14-29(6-2)7-3/h5,8-13,17,24,31H,1,6-7,14-16H2,2-4H3/t24-/m1/s1. The Morgan fingerprint density at radius 1 is 1.21 bits per heavy atom. The first kappa shape index (κ1) is 25.2. The molecule has 1 aliphatic heterocycles. The molecule has 1 saturated heterocycles. The van der Waals surface area contributed by atoms with Crippen LogP contribution >= 0.6 is 0 Å². The first-order chi connectivity index (χ1) is 16.3. The Labute approximate surface area is 199 Å². The lowest BCUT2D eigenvalue weighted by Gasteiger charge is -2.28. The van der Waals surface area contributed by atoms with E-state index in [2.05, 4.69) is 11.5 Å². The maximum absolute atomic E-state index is 14.9. The minimum atomic E-state index is -1.02. The number of likely N-dealkylation sites (tertiary alicyclic amines) is 1. The molecule has 1 atom stereocenters. The Morgan fingerprint density at radius 3 is 2.53 bits per heavy atom. The van der Waals surface area contributed by atoms with Crippen molar-refractivity contribution in [1.82, 2.24) is 9.80 Å². The van der Waals surface area contributed by atoms with E-state index >= 15 is 0 Å². The number of halogens is 1. The number of aryl methyl sites for hydroxylation is 1. The van der Waals surface area contributed by atoms with Crippen molar-refractivity contribution in [2.24, 2.45) is 0 Å². The molecule has 180 valence electrons. The maximum atomic E-state index is 14.9. The van der Waals surface area contributed by atoms with Gasteiger partial charge >= 0.3 is 0 Å². The van der Waals surface area contributed by atoms with Crippen molar-refractivity contribution < 1.29 is 23.8 Å². The summed E-state index contributed by atoms with van der Waals surface area (Å²) < 4.78 is 20.5. The molecule has 0 aliphatic carbocycles. The van der Waals surface area contributed by atoms with Crippen LogP contribution in [0.15, 0.2) is 60.7 Å². The predicted octanol–water partition coefficient (Wildman–Crippen LogP) is 4.46. The summed E-state index contributed by atoms with van der Waals surface area (Å²) in [6.07, 6.45) is 1.63. The van der Waals surface area contributed by atoms with Crippen LogP contribution in [0, 0.1) is 12.7 Å². The summed E-state index contributed by atoms with van der Waals surface area (Å²) in [4.78, 5) is 29.6. The smallest absolute Gasteiger partial charge is 0.295 e. The van der Waals surface area contributed by atoms with Crippen molar-refractivity contribution >= 4 is 17.4 Å². The molecule has 0 aromatic heterocycles. The van der Waals surface area contributed by atoms with E-state index in [0.29, 0.717) is 24.5 Å². The number of likely N-dealkylation sites (N-methyl/N-ethyl adjacent to an activating group) is 1. The van der Waals surface area contributed by atoms with Gasteiger partial charge in [0.05, 0.1) is 11.6 Å². The van der Waals surface area contributed by atoms with Crippen LogP contribution in [-0.2, 0) is 9.59 Å². The lowest BCUT2D eigenvalue weighted by atomic mass is 9.94. The molecule has 0 spiro atoms. The number of amides is 1. The summed E-state index contributed by atoms with van der Waals surface area (Å²) in [5.41, 5.74) is 1.15. The molecule has 1 amide bonds. The molecule has 1 N–H and O–H groups in total. The number of Topliss-reactive ketones (excluding diaryl/α,β-unsaturated/α-hetero) is 1. The fraction of sp³-hybridized carbons (Fsp3) is 0.333. The van der Waals surface area contributed by atoms with Gasteiger partial charge in [0, 0.05) is 24.2 Å². The second-order valence-electron chi connectivity index (χ2n) is 8.12. The van der Waals surface area contributed by atoms with Crippen molar-refractivity contribution in [2.45, 2.75) is 26.8 Å². The third-order valence-corrected chi connectivity index (χ3v) is 6.10. The van der Waals surface area contributed by atoms with Crippen molar-refractivity contribution in [3.63, 3.8) is 0 Å². The Balaban J connectivity index is 2.09. The molecule has 1 aliphatic rings. The second kappa shape index (κ2) is 11.1. The minimum absolute atomic E-state index is 0.117. The SMILES string of the molecule is C=CCOc1ccc(C(O)=C2C(=O)C(=O)N(CCN(CC)CC)[C@@H]2c2ccccc2F)cc1C. The van der Waals surface area contributed by atoms with E-state index in [1.165, 1.54) is 11.0 Å². The number of aliphatic hydroxyl groups excluding tert-OH is 1. The highest BCUT2D eigenvalue weighted by Gasteiger charge is 2.46. The van der Waals surface area contributed by atoms with Gasteiger partial charge in [-0.05, 0) is 49.8 Å². The predicted molar refractivity (Wildman–Crippen MR) is 130 cm³/mol. The highest BCUT2D eigenvalue weighted by Crippen LogP contribution is 2.40. The van der Waals surface area contributed by atoms with Gasteiger partial charge in [-0.1, -0.05) is 44.7 Å². The highest BCUT2D eigenvalue weighted by atomic mass is 19.1. The quantitative estimate of drug-likeness (QED) is 0.242. The van der Waals surface area contributed by atoms with Gasteiger partial charge < -0.3 is 19.6 Å². The van der Waals surface area contributed by atoms with Crippen LogP contribution in [0.5, 0.6) is 5.75 Å². The number of hydrogen-bond donors (Lipinski definition) is 1. The molecular formula is C27H31FN2O4. The molecule has 0 bridgehead atoms. The molecule has 7 heteroatoms. The molecule has 2 aromatic carbocycles. The summed E-state index contributed by atoms with van der Waals surface area (Å²) in [6, 6.07) is 9.98. The van der Waals surface area contributed by atoms with Gasteiger partial charge in [-0.25, -0.2) is 4.39 Å². The zero-order valence-corrected chi connectivity index (χ0v) is 19.9. The van der Waals surface area contributed by atoms with Crippen LogP contribution in [0.1, 0.15) is 36.6 Å². The van der Waals surface area contributed by atoms with Crippen LogP contribution < -0.4 is 4.74 Å². The average molecular weight is 467 g/mol. The molecule has 1 heterocycles. The molecule has 0 radical (unpaired) electrons. The second-order valence-corrected chi connectivity index (χ2v) is 8.12. The number of carbonyl (C=O) groups is 2. The summed E-state index contributed by atoms with van der Waals surface area (Å²) in [5.74, 6) is -1.84. The zero-order chi connectivity index (χ0) is 24.8. The number of aliphatic hydroxyl groups is 1. The van der Waals surface area contributed by atoms with E-state index in [4.69, 9.17) is 4.74 Å². The first-order valence-corrected chi connectivity index (χ1v) is 11.4. The normalized spacial score (nSPS) is 17.4. The zero-order valence-electron chi connectivity index (χ0n) is 19.9. The molecule has 3 rings (SSSR count). The van der Waals surface area contributed by atoms with Crippen LogP contribution in [0.25, 0.3) is 5.76 Å². The summed E-state index contributed by atoms with van der Waals surface area (Å²) >= 11 is 0. The maximum Gasteiger partial charge on any atom is 0.295 e. The highest BCUT2D eigenvalue weighted by molar-refractivity contribution is 6.46. The fourth-order valence-corrected chi connectivity index (χ4v) is 4.18. The van der Waals surface area contributed by atoms with Crippen LogP contribution in [0.4, 0.5) is 4.39 Å². The van der Waals surface area contributed by atoms with Crippen LogP contribution in [-0.4, -0.2) is 59.4 Å². The Hall–Kier alpha value is -3.45.